The average molecular weight is 244 g/mol. The van der Waals surface area contributed by atoms with Crippen molar-refractivity contribution in [1.29, 1.82) is 0 Å². The number of H-pyrrole nitrogens is 1. The van der Waals surface area contributed by atoms with E-state index in [4.69, 9.17) is 0 Å². The third kappa shape index (κ3) is 2.49. The summed E-state index contributed by atoms with van der Waals surface area (Å²) in [4.78, 5) is 18.3. The number of hydrogen-bond acceptors (Lipinski definition) is 4. The number of hydrogen-bond donors (Lipinski definition) is 1. The van der Waals surface area contributed by atoms with Crippen LogP contribution in [-0.2, 0) is 16.3 Å². The molecule has 0 saturated heterocycles. The molecule has 0 amide bonds. The Hall–Kier alpha value is -1.17. The van der Waals surface area contributed by atoms with Gasteiger partial charge in [0.1, 0.15) is 11.1 Å². The highest BCUT2D eigenvalue weighted by molar-refractivity contribution is 7.90. The van der Waals surface area contributed by atoms with Crippen molar-refractivity contribution in [3.05, 3.63) is 27.4 Å². The van der Waals surface area contributed by atoms with Crippen LogP contribution >= 0.6 is 0 Å². The summed E-state index contributed by atoms with van der Waals surface area (Å²) in [7, 11) is -3.24. The molecule has 1 atom stereocenters. The fourth-order valence-corrected chi connectivity index (χ4v) is 1.86. The van der Waals surface area contributed by atoms with Crippen molar-refractivity contribution >= 4 is 9.84 Å². The second-order valence-electron chi connectivity index (χ2n) is 3.85. The Morgan fingerprint density at radius 1 is 1.44 bits per heavy atom. The van der Waals surface area contributed by atoms with E-state index in [0.717, 1.165) is 6.26 Å². The van der Waals surface area contributed by atoms with Gasteiger partial charge in [-0.1, -0.05) is 6.92 Å². The molecule has 0 aliphatic carbocycles. The Balaban J connectivity index is 3.38. The first kappa shape index (κ1) is 12.9. The highest BCUT2D eigenvalue weighted by atomic mass is 32.2. The van der Waals surface area contributed by atoms with Crippen molar-refractivity contribution in [2.75, 3.05) is 6.26 Å². The number of aryl methyl sites for hydroxylation is 1. The van der Waals surface area contributed by atoms with Crippen molar-refractivity contribution in [3.63, 3.8) is 0 Å². The largest absolute Gasteiger partial charge is 0.309 e. The van der Waals surface area contributed by atoms with Gasteiger partial charge in [0.25, 0.3) is 5.56 Å². The van der Waals surface area contributed by atoms with Gasteiger partial charge in [-0.2, -0.15) is 0 Å². The molecule has 1 heterocycles. The Morgan fingerprint density at radius 3 is 2.44 bits per heavy atom. The molecule has 0 aliphatic heterocycles. The third-order valence-electron chi connectivity index (χ3n) is 2.63. The van der Waals surface area contributed by atoms with Gasteiger partial charge in [0.2, 0.25) is 0 Å². The lowest BCUT2D eigenvalue weighted by Crippen LogP contribution is -2.21. The van der Waals surface area contributed by atoms with Crippen molar-refractivity contribution in [3.8, 4) is 0 Å². The highest BCUT2D eigenvalue weighted by Crippen LogP contribution is 2.16. The van der Waals surface area contributed by atoms with E-state index in [9.17, 15) is 13.2 Å². The van der Waals surface area contributed by atoms with Crippen LogP contribution in [0.4, 0.5) is 0 Å². The normalized spacial score (nSPS) is 13.8. The van der Waals surface area contributed by atoms with Crippen molar-refractivity contribution in [2.45, 2.75) is 32.4 Å². The van der Waals surface area contributed by atoms with E-state index < -0.39 is 15.1 Å². The first-order valence-electron chi connectivity index (χ1n) is 5.06. The molecular weight excluding hydrogens is 228 g/mol. The zero-order valence-electron chi connectivity index (χ0n) is 9.86. The minimum atomic E-state index is -3.24. The van der Waals surface area contributed by atoms with Crippen LogP contribution in [0.25, 0.3) is 0 Å². The molecule has 0 bridgehead atoms. The number of rotatable bonds is 3. The predicted molar refractivity (Wildman–Crippen MR) is 62.2 cm³/mol. The van der Waals surface area contributed by atoms with Gasteiger partial charge in [-0.05, 0) is 20.3 Å². The van der Waals surface area contributed by atoms with E-state index in [-0.39, 0.29) is 11.4 Å². The molecule has 0 spiro atoms. The highest BCUT2D eigenvalue weighted by Gasteiger charge is 2.20. The molecule has 1 aromatic rings. The Labute approximate surface area is 94.8 Å². The third-order valence-corrected chi connectivity index (χ3v) is 4.14. The second-order valence-corrected chi connectivity index (χ2v) is 6.21. The molecule has 1 N–H and O–H groups in total. The standard InChI is InChI=1S/C10H16N2O3S/c1-5-8-6(2)10(13)12-9(11-8)7(3)16(4,14)15/h7H,5H2,1-4H3,(H,11,12,13). The number of aromatic amines is 1. The maximum absolute atomic E-state index is 11.6. The molecule has 16 heavy (non-hydrogen) atoms. The minimum absolute atomic E-state index is 0.218. The minimum Gasteiger partial charge on any atom is -0.309 e. The quantitative estimate of drug-likeness (QED) is 0.850. The predicted octanol–water partition coefficient (Wildman–Crippen LogP) is 0.746. The van der Waals surface area contributed by atoms with E-state index in [1.807, 2.05) is 6.92 Å². The summed E-state index contributed by atoms with van der Waals surface area (Å²) in [5, 5.41) is -0.786. The summed E-state index contributed by atoms with van der Waals surface area (Å²) < 4.78 is 22.7. The van der Waals surface area contributed by atoms with E-state index in [1.165, 1.54) is 6.92 Å². The molecule has 90 valence electrons. The molecular formula is C10H16N2O3S. The van der Waals surface area contributed by atoms with E-state index >= 15 is 0 Å². The lowest BCUT2D eigenvalue weighted by atomic mass is 10.2. The smallest absolute Gasteiger partial charge is 0.254 e. The summed E-state index contributed by atoms with van der Waals surface area (Å²) >= 11 is 0. The fraction of sp³-hybridized carbons (Fsp3) is 0.600. The van der Waals surface area contributed by atoms with Gasteiger partial charge >= 0.3 is 0 Å². The van der Waals surface area contributed by atoms with Crippen LogP contribution in [-0.4, -0.2) is 24.6 Å². The summed E-state index contributed by atoms with van der Waals surface area (Å²) in [5.74, 6) is 0.218. The molecule has 0 radical (unpaired) electrons. The zero-order chi connectivity index (χ0) is 12.5. The molecule has 0 aliphatic rings. The Morgan fingerprint density at radius 2 is 2.00 bits per heavy atom. The molecule has 0 saturated carbocycles. The van der Waals surface area contributed by atoms with Crippen LogP contribution in [0.15, 0.2) is 4.79 Å². The lowest BCUT2D eigenvalue weighted by Gasteiger charge is -2.10. The fourth-order valence-electron chi connectivity index (χ4n) is 1.34. The van der Waals surface area contributed by atoms with Crippen LogP contribution in [0.2, 0.25) is 0 Å². The van der Waals surface area contributed by atoms with Gasteiger partial charge in [-0.15, -0.1) is 0 Å². The van der Waals surface area contributed by atoms with Gasteiger partial charge in [-0.3, -0.25) is 4.79 Å². The average Bonchev–Trinajstić information content (AvgIpc) is 2.19. The van der Waals surface area contributed by atoms with Crippen LogP contribution in [0.1, 0.15) is 36.2 Å². The van der Waals surface area contributed by atoms with Crippen LogP contribution < -0.4 is 5.56 Å². The molecule has 0 fully saturated rings. The SMILES string of the molecule is CCc1nc(C(C)S(C)(=O)=O)[nH]c(=O)c1C. The van der Waals surface area contributed by atoms with Gasteiger partial charge in [-0.25, -0.2) is 13.4 Å². The van der Waals surface area contributed by atoms with E-state index in [2.05, 4.69) is 9.97 Å². The molecule has 0 aromatic carbocycles. The van der Waals surface area contributed by atoms with Crippen LogP contribution in [0.3, 0.4) is 0 Å². The van der Waals surface area contributed by atoms with Gasteiger partial charge in [0.15, 0.2) is 9.84 Å². The molecule has 1 unspecified atom stereocenters. The lowest BCUT2D eigenvalue weighted by molar-refractivity contribution is 0.588. The zero-order valence-corrected chi connectivity index (χ0v) is 10.7. The summed E-state index contributed by atoms with van der Waals surface area (Å²) in [6, 6.07) is 0. The van der Waals surface area contributed by atoms with E-state index in [0.29, 0.717) is 17.7 Å². The number of sulfone groups is 1. The second kappa shape index (κ2) is 4.37. The molecule has 1 rings (SSSR count). The monoisotopic (exact) mass is 244 g/mol. The molecule has 6 heteroatoms. The first-order valence-corrected chi connectivity index (χ1v) is 7.01. The first-order chi connectivity index (χ1) is 7.27. The van der Waals surface area contributed by atoms with Crippen molar-refractivity contribution in [2.24, 2.45) is 0 Å². The van der Waals surface area contributed by atoms with Gasteiger partial charge < -0.3 is 4.98 Å². The maximum Gasteiger partial charge on any atom is 0.254 e. The number of nitrogens with one attached hydrogen (secondary N) is 1. The topological polar surface area (TPSA) is 79.9 Å². The van der Waals surface area contributed by atoms with Gasteiger partial charge in [0.05, 0.1) is 5.69 Å². The van der Waals surface area contributed by atoms with Crippen LogP contribution in [0.5, 0.6) is 0 Å². The summed E-state index contributed by atoms with van der Waals surface area (Å²) in [6.45, 7) is 5.08. The van der Waals surface area contributed by atoms with Crippen molar-refractivity contribution < 1.29 is 8.42 Å². The van der Waals surface area contributed by atoms with Crippen LogP contribution in [0, 0.1) is 6.92 Å². The molecule has 1 aromatic heterocycles. The molecule has 5 nitrogen and oxygen atoms in total. The van der Waals surface area contributed by atoms with Crippen molar-refractivity contribution in [1.82, 2.24) is 9.97 Å². The Kier molecular flexibility index (Phi) is 3.52. The number of nitrogens with zero attached hydrogens (tertiary/aromatic N) is 1. The summed E-state index contributed by atoms with van der Waals surface area (Å²) in [6.07, 6.45) is 1.74. The maximum atomic E-state index is 11.6. The number of aromatic nitrogens is 2. The Bertz CT molecular complexity index is 546. The van der Waals surface area contributed by atoms with Gasteiger partial charge in [0, 0.05) is 11.8 Å². The van der Waals surface area contributed by atoms with E-state index in [1.54, 1.807) is 6.92 Å². The summed E-state index contributed by atoms with van der Waals surface area (Å²) in [5.41, 5.74) is 0.929.